The van der Waals surface area contributed by atoms with Gasteiger partial charge in [0, 0.05) is 30.7 Å². The smallest absolute Gasteiger partial charge is 0.262 e. The van der Waals surface area contributed by atoms with Crippen LogP contribution < -0.4 is 10.1 Å². The fraction of sp³-hybridized carbons (Fsp3) is 0.368. The number of piperidine rings is 1. The molecular weight excluding hydrogens is 693 g/mol. The second-order valence-corrected chi connectivity index (χ2v) is 12.6. The van der Waals surface area contributed by atoms with Gasteiger partial charge in [-0.2, -0.15) is 0 Å². The summed E-state index contributed by atoms with van der Waals surface area (Å²) < 4.78 is 36.3. The highest BCUT2D eigenvalue weighted by Crippen LogP contribution is 2.36. The number of aryl methyl sites for hydroxylation is 1. The second kappa shape index (κ2) is 16.9. The minimum atomic E-state index is -1.12. The Hall–Kier alpha value is -5.51. The maximum atomic E-state index is 13.9. The normalized spacial score (nSPS) is 17.2. The predicted octanol–water partition coefficient (Wildman–Crippen LogP) is 2.89. The van der Waals surface area contributed by atoms with Crippen LogP contribution in [0.25, 0.3) is 0 Å². The maximum Gasteiger partial charge on any atom is 0.262 e. The highest BCUT2D eigenvalue weighted by Gasteiger charge is 2.44. The zero-order valence-electron chi connectivity index (χ0n) is 28.7. The second-order valence-electron chi connectivity index (χ2n) is 12.6. The summed E-state index contributed by atoms with van der Waals surface area (Å²) in [5.41, 5.74) is 2.44. The molecule has 3 aliphatic rings. The number of benzene rings is 3. The zero-order valence-corrected chi connectivity index (χ0v) is 28.7. The Morgan fingerprint density at radius 2 is 1.57 bits per heavy atom. The van der Waals surface area contributed by atoms with Crippen LogP contribution in [0.3, 0.4) is 0 Å². The molecule has 2 unspecified atom stereocenters. The number of hydrogen-bond donors (Lipinski definition) is 2. The summed E-state index contributed by atoms with van der Waals surface area (Å²) in [6, 6.07) is 11.2. The molecule has 1 saturated heterocycles. The monoisotopic (exact) mass is 731 g/mol. The number of carbonyl (C=O) groups is 6. The molecule has 6 rings (SSSR count). The standard InChI is InChI=1S/C38H38FN3O11/c39-25-6-10-32(44)29(19-25)31(22-43)41-21-24-4-1-3-23(34(24)38(41)49)5-2-12-50-13-14-51-15-16-52-17-18-53-26-7-8-27-28(20-26)37(48)42(36(27)47)30-9-11-33(45)40-35(30)46/h1,3-4,6-8,10,19-20,22,30-31,44H,2,5,9,11-18,21H2,(H,40,45,46). The lowest BCUT2D eigenvalue weighted by molar-refractivity contribution is -0.136. The fourth-order valence-corrected chi connectivity index (χ4v) is 6.63. The van der Waals surface area contributed by atoms with Crippen LogP contribution in [0.1, 0.15) is 73.1 Å². The van der Waals surface area contributed by atoms with E-state index in [1.54, 1.807) is 6.07 Å². The van der Waals surface area contributed by atoms with Gasteiger partial charge in [0.1, 0.15) is 42.3 Å². The van der Waals surface area contributed by atoms with Gasteiger partial charge in [0.2, 0.25) is 11.8 Å². The molecule has 0 spiro atoms. The number of phenolic OH excluding ortho intramolecular Hbond substituents is 1. The Bertz CT molecular complexity index is 1920. The van der Waals surface area contributed by atoms with Crippen LogP contribution in [-0.4, -0.2) is 103 Å². The van der Waals surface area contributed by atoms with Crippen LogP contribution in [0.4, 0.5) is 4.39 Å². The van der Waals surface area contributed by atoms with Crippen molar-refractivity contribution in [1.29, 1.82) is 0 Å². The molecule has 15 heteroatoms. The largest absolute Gasteiger partial charge is 0.508 e. The van der Waals surface area contributed by atoms with Gasteiger partial charge in [0.15, 0.2) is 0 Å². The van der Waals surface area contributed by atoms with E-state index in [1.807, 2.05) is 18.2 Å². The van der Waals surface area contributed by atoms with Gasteiger partial charge in [-0.15, -0.1) is 0 Å². The lowest BCUT2D eigenvalue weighted by atomic mass is 9.99. The molecule has 3 aromatic carbocycles. The van der Waals surface area contributed by atoms with Crippen LogP contribution in [0.15, 0.2) is 54.6 Å². The number of phenols is 1. The zero-order chi connectivity index (χ0) is 37.5. The predicted molar refractivity (Wildman–Crippen MR) is 183 cm³/mol. The van der Waals surface area contributed by atoms with Gasteiger partial charge < -0.3 is 33.7 Å². The number of carbonyl (C=O) groups excluding carboxylic acids is 6. The van der Waals surface area contributed by atoms with Crippen molar-refractivity contribution >= 4 is 35.8 Å². The van der Waals surface area contributed by atoms with Crippen molar-refractivity contribution < 1.29 is 57.2 Å². The molecule has 3 aromatic rings. The van der Waals surface area contributed by atoms with Gasteiger partial charge in [-0.1, -0.05) is 18.2 Å². The third-order valence-electron chi connectivity index (χ3n) is 9.21. The average molecular weight is 732 g/mol. The highest BCUT2D eigenvalue weighted by atomic mass is 19.1. The molecule has 5 amide bonds. The number of aromatic hydroxyl groups is 1. The van der Waals surface area contributed by atoms with Crippen molar-refractivity contribution in [1.82, 2.24) is 15.1 Å². The summed E-state index contributed by atoms with van der Waals surface area (Å²) in [5.74, 6) is -3.16. The SMILES string of the molecule is O=CC(c1cc(F)ccc1O)N1Cc2cccc(CCCOCCOCCOCCOc3ccc4c(c3)C(=O)N(C3CCC(=O)NC3=O)C4=O)c2C1=O. The first-order valence-electron chi connectivity index (χ1n) is 17.2. The third-order valence-corrected chi connectivity index (χ3v) is 9.21. The summed E-state index contributed by atoms with van der Waals surface area (Å²) in [5, 5.41) is 12.4. The van der Waals surface area contributed by atoms with E-state index in [9.17, 15) is 38.3 Å². The maximum absolute atomic E-state index is 13.9. The van der Waals surface area contributed by atoms with Crippen LogP contribution in [0, 0.1) is 5.82 Å². The number of nitrogens with one attached hydrogen (secondary N) is 1. The number of nitrogens with zero attached hydrogens (tertiary/aromatic N) is 2. The molecule has 0 aliphatic carbocycles. The molecule has 14 nitrogen and oxygen atoms in total. The molecule has 0 saturated carbocycles. The Morgan fingerprint density at radius 1 is 0.849 bits per heavy atom. The fourth-order valence-electron chi connectivity index (χ4n) is 6.63. The minimum Gasteiger partial charge on any atom is -0.508 e. The van der Waals surface area contributed by atoms with Gasteiger partial charge in [0.05, 0.1) is 44.2 Å². The Kier molecular flexibility index (Phi) is 11.9. The van der Waals surface area contributed by atoms with Gasteiger partial charge >= 0.3 is 0 Å². The Morgan fingerprint density at radius 3 is 2.30 bits per heavy atom. The van der Waals surface area contributed by atoms with E-state index in [1.165, 1.54) is 17.0 Å². The molecule has 0 radical (unpaired) electrons. The number of ether oxygens (including phenoxy) is 4. The van der Waals surface area contributed by atoms with Crippen LogP contribution in [-0.2, 0) is 41.6 Å². The number of halogens is 1. The number of hydrogen-bond acceptors (Lipinski definition) is 11. The summed E-state index contributed by atoms with van der Waals surface area (Å²) in [6.45, 7) is 2.40. The molecular formula is C38H38FN3O11. The molecule has 3 heterocycles. The summed E-state index contributed by atoms with van der Waals surface area (Å²) >= 11 is 0. The van der Waals surface area contributed by atoms with Crippen molar-refractivity contribution in [2.75, 3.05) is 46.2 Å². The third kappa shape index (κ3) is 8.27. The number of fused-ring (bicyclic) bond motifs is 2. The van der Waals surface area contributed by atoms with Gasteiger partial charge in [-0.05, 0) is 66.8 Å². The Labute approximate surface area is 303 Å². The number of aldehydes is 1. The number of rotatable bonds is 18. The van der Waals surface area contributed by atoms with Gasteiger partial charge in [-0.25, -0.2) is 4.39 Å². The van der Waals surface area contributed by atoms with Crippen molar-refractivity contribution in [2.45, 2.75) is 44.3 Å². The molecule has 278 valence electrons. The van der Waals surface area contributed by atoms with Gasteiger partial charge in [0.25, 0.3) is 17.7 Å². The molecule has 3 aliphatic heterocycles. The van der Waals surface area contributed by atoms with Crippen molar-refractivity contribution in [3.8, 4) is 11.5 Å². The summed E-state index contributed by atoms with van der Waals surface area (Å²) in [4.78, 5) is 77.1. The van der Waals surface area contributed by atoms with Crippen LogP contribution in [0.2, 0.25) is 0 Å². The van der Waals surface area contributed by atoms with Crippen molar-refractivity contribution in [2.24, 2.45) is 0 Å². The first-order valence-corrected chi connectivity index (χ1v) is 17.2. The first-order chi connectivity index (χ1) is 25.7. The lowest BCUT2D eigenvalue weighted by Gasteiger charge is -2.27. The molecule has 0 bridgehead atoms. The van der Waals surface area contributed by atoms with Crippen molar-refractivity contribution in [3.63, 3.8) is 0 Å². The Balaban J connectivity index is 0.837. The topological polar surface area (TPSA) is 178 Å². The first kappa shape index (κ1) is 37.3. The summed E-state index contributed by atoms with van der Waals surface area (Å²) in [7, 11) is 0. The lowest BCUT2D eigenvalue weighted by Crippen LogP contribution is -2.54. The van der Waals surface area contributed by atoms with E-state index in [4.69, 9.17) is 18.9 Å². The van der Waals surface area contributed by atoms with E-state index in [-0.39, 0.29) is 60.9 Å². The van der Waals surface area contributed by atoms with E-state index in [0.29, 0.717) is 63.5 Å². The average Bonchev–Trinajstić information content (AvgIpc) is 3.60. The molecule has 53 heavy (non-hydrogen) atoms. The minimum absolute atomic E-state index is 0.0358. The molecule has 2 N–H and O–H groups in total. The van der Waals surface area contributed by atoms with Crippen LogP contribution in [0.5, 0.6) is 11.5 Å². The quantitative estimate of drug-likeness (QED) is 0.112. The number of amides is 5. The van der Waals surface area contributed by atoms with Gasteiger partial charge in [-0.3, -0.25) is 34.2 Å². The molecule has 2 atom stereocenters. The van der Waals surface area contributed by atoms with Crippen LogP contribution >= 0.6 is 0 Å². The molecule has 1 fully saturated rings. The van der Waals surface area contributed by atoms with E-state index < -0.39 is 41.5 Å². The van der Waals surface area contributed by atoms with E-state index in [0.717, 1.165) is 34.2 Å². The summed E-state index contributed by atoms with van der Waals surface area (Å²) in [6.07, 6.45) is 1.86. The van der Waals surface area contributed by atoms with E-state index in [2.05, 4.69) is 5.32 Å². The number of imide groups is 2. The highest BCUT2D eigenvalue weighted by molar-refractivity contribution is 6.23. The molecule has 0 aromatic heterocycles. The van der Waals surface area contributed by atoms with Crippen molar-refractivity contribution in [3.05, 3.63) is 93.8 Å². The van der Waals surface area contributed by atoms with E-state index >= 15 is 0 Å².